The molecule has 0 saturated heterocycles. The van der Waals surface area contributed by atoms with Gasteiger partial charge in [-0.1, -0.05) is 13.8 Å². The third-order valence-corrected chi connectivity index (χ3v) is 3.98. The summed E-state index contributed by atoms with van der Waals surface area (Å²) >= 11 is 0. The number of anilines is 1. The van der Waals surface area contributed by atoms with Gasteiger partial charge in [0, 0.05) is 5.69 Å². The SMILES string of the molecule is CC1CC(C)CC(OCC(O)COc2ccc(N)cc2)C1. The van der Waals surface area contributed by atoms with Gasteiger partial charge in [-0.15, -0.1) is 0 Å². The normalized spacial score (nSPS) is 27.3. The Labute approximate surface area is 127 Å². The van der Waals surface area contributed by atoms with E-state index in [-0.39, 0.29) is 12.7 Å². The van der Waals surface area contributed by atoms with Gasteiger partial charge in [-0.25, -0.2) is 0 Å². The van der Waals surface area contributed by atoms with Crippen LogP contribution in [0, 0.1) is 11.8 Å². The summed E-state index contributed by atoms with van der Waals surface area (Å²) in [7, 11) is 0. The van der Waals surface area contributed by atoms with Gasteiger partial charge in [0.25, 0.3) is 0 Å². The number of hydrogen-bond acceptors (Lipinski definition) is 4. The second-order valence-electron chi connectivity index (χ2n) is 6.41. The van der Waals surface area contributed by atoms with Crippen LogP contribution in [-0.4, -0.2) is 30.5 Å². The van der Waals surface area contributed by atoms with E-state index in [1.165, 1.54) is 6.42 Å². The molecule has 0 amide bonds. The first-order valence-corrected chi connectivity index (χ1v) is 7.81. The minimum Gasteiger partial charge on any atom is -0.491 e. The van der Waals surface area contributed by atoms with Gasteiger partial charge in [-0.05, 0) is 55.4 Å². The summed E-state index contributed by atoms with van der Waals surface area (Å²) in [6, 6.07) is 7.16. The zero-order valence-corrected chi connectivity index (χ0v) is 13.0. The number of benzene rings is 1. The maximum Gasteiger partial charge on any atom is 0.119 e. The van der Waals surface area contributed by atoms with Crippen LogP contribution >= 0.6 is 0 Å². The van der Waals surface area contributed by atoms with Crippen LogP contribution in [0.15, 0.2) is 24.3 Å². The van der Waals surface area contributed by atoms with Gasteiger partial charge >= 0.3 is 0 Å². The number of ether oxygens (including phenoxy) is 2. The first kappa shape index (κ1) is 16.1. The fourth-order valence-electron chi connectivity index (χ4n) is 3.06. The maximum atomic E-state index is 9.95. The first-order valence-electron chi connectivity index (χ1n) is 7.81. The molecule has 1 fully saturated rings. The van der Waals surface area contributed by atoms with Crippen molar-refractivity contribution in [3.63, 3.8) is 0 Å². The molecule has 3 N–H and O–H groups in total. The van der Waals surface area contributed by atoms with Crippen molar-refractivity contribution < 1.29 is 14.6 Å². The van der Waals surface area contributed by atoms with E-state index in [1.807, 2.05) is 0 Å². The van der Waals surface area contributed by atoms with E-state index in [4.69, 9.17) is 15.2 Å². The lowest BCUT2D eigenvalue weighted by molar-refractivity contribution is -0.0502. The van der Waals surface area contributed by atoms with Crippen molar-refractivity contribution in [2.75, 3.05) is 18.9 Å². The van der Waals surface area contributed by atoms with Crippen LogP contribution in [0.4, 0.5) is 5.69 Å². The highest BCUT2D eigenvalue weighted by molar-refractivity contribution is 5.41. The molecule has 0 heterocycles. The number of hydrogen-bond donors (Lipinski definition) is 2. The molecule has 1 aliphatic carbocycles. The van der Waals surface area contributed by atoms with Crippen molar-refractivity contribution in [3.05, 3.63) is 24.3 Å². The maximum absolute atomic E-state index is 9.95. The summed E-state index contributed by atoms with van der Waals surface area (Å²) in [4.78, 5) is 0. The Morgan fingerprint density at radius 1 is 1.10 bits per heavy atom. The minimum absolute atomic E-state index is 0.238. The highest BCUT2D eigenvalue weighted by Gasteiger charge is 2.25. The van der Waals surface area contributed by atoms with E-state index in [2.05, 4.69) is 13.8 Å². The third-order valence-electron chi connectivity index (χ3n) is 3.98. The molecule has 1 aliphatic rings. The minimum atomic E-state index is -0.602. The van der Waals surface area contributed by atoms with Crippen molar-refractivity contribution in [1.29, 1.82) is 0 Å². The Morgan fingerprint density at radius 2 is 1.71 bits per heavy atom. The summed E-state index contributed by atoms with van der Waals surface area (Å²) in [5.74, 6) is 2.13. The monoisotopic (exact) mass is 293 g/mol. The van der Waals surface area contributed by atoms with Crippen molar-refractivity contribution in [1.82, 2.24) is 0 Å². The van der Waals surface area contributed by atoms with E-state index >= 15 is 0 Å². The lowest BCUT2D eigenvalue weighted by Gasteiger charge is -2.31. The molecule has 0 spiro atoms. The quantitative estimate of drug-likeness (QED) is 0.792. The predicted molar refractivity (Wildman–Crippen MR) is 84.3 cm³/mol. The zero-order chi connectivity index (χ0) is 15.2. The summed E-state index contributed by atoms with van der Waals surface area (Å²) in [5, 5.41) is 9.95. The number of rotatable bonds is 6. The summed E-state index contributed by atoms with van der Waals surface area (Å²) in [5.41, 5.74) is 6.31. The van der Waals surface area contributed by atoms with Gasteiger partial charge in [0.15, 0.2) is 0 Å². The van der Waals surface area contributed by atoms with Crippen molar-refractivity contribution in [2.45, 2.75) is 45.3 Å². The van der Waals surface area contributed by atoms with Crippen molar-refractivity contribution in [3.8, 4) is 5.75 Å². The molecule has 0 aromatic heterocycles. The molecule has 2 rings (SSSR count). The summed E-state index contributed by atoms with van der Waals surface area (Å²) in [6.07, 6.45) is 3.14. The molecular weight excluding hydrogens is 266 g/mol. The highest BCUT2D eigenvalue weighted by atomic mass is 16.5. The first-order chi connectivity index (χ1) is 10.0. The van der Waals surface area contributed by atoms with Gasteiger partial charge in [0.05, 0.1) is 12.7 Å². The number of nitrogen functional groups attached to an aromatic ring is 1. The Bertz CT molecular complexity index is 411. The van der Waals surface area contributed by atoms with Gasteiger partial charge in [-0.2, -0.15) is 0 Å². The number of aliphatic hydroxyl groups is 1. The lowest BCUT2D eigenvalue weighted by atomic mass is 9.82. The van der Waals surface area contributed by atoms with Crippen molar-refractivity contribution >= 4 is 5.69 Å². The van der Waals surface area contributed by atoms with Crippen LogP contribution in [0.1, 0.15) is 33.1 Å². The summed E-state index contributed by atoms with van der Waals surface area (Å²) in [6.45, 7) is 5.11. The van der Waals surface area contributed by atoms with Crippen LogP contribution in [0.5, 0.6) is 5.75 Å². The Morgan fingerprint density at radius 3 is 2.33 bits per heavy atom. The second-order valence-corrected chi connectivity index (χ2v) is 6.41. The average Bonchev–Trinajstić information content (AvgIpc) is 2.43. The lowest BCUT2D eigenvalue weighted by Crippen LogP contribution is -2.31. The van der Waals surface area contributed by atoms with E-state index in [9.17, 15) is 5.11 Å². The van der Waals surface area contributed by atoms with Gasteiger partial charge in [0.2, 0.25) is 0 Å². The summed E-state index contributed by atoms with van der Waals surface area (Å²) < 4.78 is 11.4. The molecular formula is C17H27NO3. The standard InChI is InChI=1S/C17H27NO3/c1-12-7-13(2)9-17(8-12)21-11-15(19)10-20-16-5-3-14(18)4-6-16/h3-6,12-13,15,17,19H,7-11,18H2,1-2H3. The molecule has 4 nitrogen and oxygen atoms in total. The Hall–Kier alpha value is -1.26. The molecule has 0 bridgehead atoms. The van der Waals surface area contributed by atoms with Gasteiger partial charge in [0.1, 0.15) is 18.5 Å². The fraction of sp³-hybridized carbons (Fsp3) is 0.647. The topological polar surface area (TPSA) is 64.7 Å². The smallest absolute Gasteiger partial charge is 0.119 e. The van der Waals surface area contributed by atoms with Crippen LogP contribution in [0.3, 0.4) is 0 Å². The predicted octanol–water partition coefficient (Wildman–Crippen LogP) is 2.85. The third kappa shape index (κ3) is 5.56. The molecule has 0 aliphatic heterocycles. The van der Waals surface area contributed by atoms with E-state index in [1.54, 1.807) is 24.3 Å². The van der Waals surface area contributed by atoms with E-state index in [0.29, 0.717) is 29.9 Å². The molecule has 1 aromatic rings. The fourth-order valence-corrected chi connectivity index (χ4v) is 3.06. The van der Waals surface area contributed by atoms with E-state index in [0.717, 1.165) is 12.8 Å². The Kier molecular flexibility index (Phi) is 5.88. The van der Waals surface area contributed by atoms with Crippen LogP contribution in [0.2, 0.25) is 0 Å². The van der Waals surface area contributed by atoms with Gasteiger partial charge in [-0.3, -0.25) is 0 Å². The molecule has 1 aromatic carbocycles. The average molecular weight is 293 g/mol. The van der Waals surface area contributed by atoms with Gasteiger partial charge < -0.3 is 20.3 Å². The largest absolute Gasteiger partial charge is 0.491 e. The molecule has 118 valence electrons. The zero-order valence-electron chi connectivity index (χ0n) is 13.0. The highest BCUT2D eigenvalue weighted by Crippen LogP contribution is 2.30. The number of aliphatic hydroxyl groups excluding tert-OH is 1. The van der Waals surface area contributed by atoms with Crippen molar-refractivity contribution in [2.24, 2.45) is 11.8 Å². The molecule has 1 saturated carbocycles. The number of nitrogens with two attached hydrogens (primary N) is 1. The van der Waals surface area contributed by atoms with Crippen LogP contribution in [0.25, 0.3) is 0 Å². The molecule has 3 atom stereocenters. The van der Waals surface area contributed by atoms with E-state index < -0.39 is 6.10 Å². The molecule has 0 radical (unpaired) electrons. The van der Waals surface area contributed by atoms with Crippen LogP contribution in [-0.2, 0) is 4.74 Å². The Balaban J connectivity index is 1.67. The second kappa shape index (κ2) is 7.66. The molecule has 21 heavy (non-hydrogen) atoms. The van der Waals surface area contributed by atoms with Crippen LogP contribution < -0.4 is 10.5 Å². The molecule has 3 unspecified atom stereocenters. The molecule has 4 heteroatoms.